The second kappa shape index (κ2) is 19.2. The standard InChI is InChI=1S/C33H48N2O2S.BrH/c1-4-5-6-7-8-9-10-11-12-13-23-37-33-19-17-30(18-20-33)21-22-35(29(3)36)32-16-14-15-31(24-32)26-34-25-28(2)38-27-34;/h14-20,24-25H,4-13,21-23,26-27H2,1-3H3;1H. The predicted octanol–water partition coefficient (Wildman–Crippen LogP) is 9.53. The average Bonchev–Trinajstić information content (AvgIpc) is 3.32. The molecule has 0 fully saturated rings. The first-order valence-corrected chi connectivity index (χ1v) is 15.7. The van der Waals surface area contributed by atoms with Crippen LogP contribution in [0.4, 0.5) is 5.69 Å². The number of hydrogen-bond donors (Lipinski definition) is 0. The lowest BCUT2D eigenvalue weighted by Crippen LogP contribution is -2.30. The third-order valence-electron chi connectivity index (χ3n) is 7.12. The normalized spacial score (nSPS) is 12.7. The van der Waals surface area contributed by atoms with Crippen molar-refractivity contribution in [3.05, 3.63) is 70.8 Å². The van der Waals surface area contributed by atoms with E-state index < -0.39 is 0 Å². The minimum Gasteiger partial charge on any atom is -0.494 e. The Morgan fingerprint density at radius 2 is 1.59 bits per heavy atom. The maximum atomic E-state index is 12.5. The minimum atomic E-state index is 0. The summed E-state index contributed by atoms with van der Waals surface area (Å²) in [5.74, 6) is 2.00. The fourth-order valence-electron chi connectivity index (χ4n) is 4.91. The van der Waals surface area contributed by atoms with Gasteiger partial charge in [0.15, 0.2) is 0 Å². The summed E-state index contributed by atoms with van der Waals surface area (Å²) in [5.41, 5.74) is 3.41. The van der Waals surface area contributed by atoms with Crippen LogP contribution in [-0.2, 0) is 17.8 Å². The van der Waals surface area contributed by atoms with Crippen LogP contribution in [0, 0.1) is 0 Å². The van der Waals surface area contributed by atoms with Crippen LogP contribution in [0.15, 0.2) is 59.6 Å². The number of rotatable bonds is 18. The second-order valence-electron chi connectivity index (χ2n) is 10.5. The summed E-state index contributed by atoms with van der Waals surface area (Å²) < 4.78 is 5.97. The molecule has 1 aliphatic heterocycles. The maximum Gasteiger partial charge on any atom is 0.223 e. The van der Waals surface area contributed by atoms with E-state index >= 15 is 0 Å². The number of carbonyl (C=O) groups excluding carboxylic acids is 1. The zero-order valence-electron chi connectivity index (χ0n) is 24.3. The van der Waals surface area contributed by atoms with Crippen molar-refractivity contribution < 1.29 is 9.53 Å². The molecule has 0 aliphatic carbocycles. The molecule has 0 aromatic heterocycles. The van der Waals surface area contributed by atoms with Gasteiger partial charge in [0.2, 0.25) is 5.91 Å². The van der Waals surface area contributed by atoms with Gasteiger partial charge in [-0.15, -0.1) is 28.7 Å². The molecule has 0 bridgehead atoms. The van der Waals surface area contributed by atoms with Crippen LogP contribution in [0.5, 0.6) is 5.75 Å². The topological polar surface area (TPSA) is 32.8 Å². The molecule has 6 heteroatoms. The SMILES string of the molecule is Br.CCCCCCCCCCCCOc1ccc(CCN(C(C)=O)c2cccc(CN3C=C(C)SC3)c2)cc1. The van der Waals surface area contributed by atoms with Gasteiger partial charge in [-0.1, -0.05) is 89.0 Å². The molecule has 39 heavy (non-hydrogen) atoms. The summed E-state index contributed by atoms with van der Waals surface area (Å²) in [6.07, 6.45) is 16.4. The number of nitrogens with zero attached hydrogens (tertiary/aromatic N) is 2. The largest absolute Gasteiger partial charge is 0.494 e. The molecule has 1 heterocycles. The number of halogens is 1. The Hall–Kier alpha value is -1.92. The van der Waals surface area contributed by atoms with Crippen molar-refractivity contribution >= 4 is 40.3 Å². The first-order chi connectivity index (χ1) is 18.5. The van der Waals surface area contributed by atoms with Crippen molar-refractivity contribution in [3.8, 4) is 5.75 Å². The Labute approximate surface area is 252 Å². The number of hydrogen-bond acceptors (Lipinski definition) is 4. The van der Waals surface area contributed by atoms with Gasteiger partial charge in [0.05, 0.1) is 12.5 Å². The number of anilines is 1. The van der Waals surface area contributed by atoms with E-state index in [1.165, 1.54) is 73.8 Å². The smallest absolute Gasteiger partial charge is 0.223 e. The van der Waals surface area contributed by atoms with Crippen LogP contribution in [-0.4, -0.2) is 29.8 Å². The molecule has 0 radical (unpaired) electrons. The molecule has 1 aliphatic rings. The molecule has 0 N–H and O–H groups in total. The molecule has 0 spiro atoms. The molecule has 3 rings (SSSR count). The number of benzene rings is 2. The fourth-order valence-corrected chi connectivity index (χ4v) is 5.66. The van der Waals surface area contributed by atoms with Crippen molar-refractivity contribution in [2.45, 2.75) is 97.9 Å². The van der Waals surface area contributed by atoms with E-state index in [9.17, 15) is 4.79 Å². The van der Waals surface area contributed by atoms with Crippen LogP contribution in [0.2, 0.25) is 0 Å². The molecular weight excluding hydrogens is 568 g/mol. The van der Waals surface area contributed by atoms with E-state index in [0.717, 1.165) is 43.3 Å². The van der Waals surface area contributed by atoms with Crippen LogP contribution in [0.3, 0.4) is 0 Å². The van der Waals surface area contributed by atoms with Crippen LogP contribution < -0.4 is 9.64 Å². The van der Waals surface area contributed by atoms with Gasteiger partial charge in [-0.3, -0.25) is 4.79 Å². The number of amides is 1. The van der Waals surface area contributed by atoms with Gasteiger partial charge in [0, 0.05) is 31.9 Å². The molecule has 0 unspecified atom stereocenters. The quantitative estimate of drug-likeness (QED) is 0.156. The van der Waals surface area contributed by atoms with Crippen molar-refractivity contribution in [3.63, 3.8) is 0 Å². The van der Waals surface area contributed by atoms with E-state index in [1.54, 1.807) is 6.92 Å². The van der Waals surface area contributed by atoms with E-state index in [4.69, 9.17) is 4.74 Å². The Morgan fingerprint density at radius 3 is 2.21 bits per heavy atom. The van der Waals surface area contributed by atoms with Crippen LogP contribution >= 0.6 is 28.7 Å². The third-order valence-corrected chi connectivity index (χ3v) is 8.15. The summed E-state index contributed by atoms with van der Waals surface area (Å²) in [7, 11) is 0. The zero-order chi connectivity index (χ0) is 27.0. The summed E-state index contributed by atoms with van der Waals surface area (Å²) in [6.45, 7) is 8.39. The Kier molecular flexibility index (Phi) is 16.4. The minimum absolute atomic E-state index is 0. The molecule has 0 saturated carbocycles. The first-order valence-electron chi connectivity index (χ1n) is 14.7. The van der Waals surface area contributed by atoms with Gasteiger partial charge in [-0.2, -0.15) is 0 Å². The van der Waals surface area contributed by atoms with Crippen LogP contribution in [0.1, 0.15) is 96.1 Å². The van der Waals surface area contributed by atoms with Gasteiger partial charge >= 0.3 is 0 Å². The van der Waals surface area contributed by atoms with Gasteiger partial charge in [-0.25, -0.2) is 0 Å². The summed E-state index contributed by atoms with van der Waals surface area (Å²) >= 11 is 1.87. The molecule has 0 saturated heterocycles. The number of allylic oxidation sites excluding steroid dienone is 1. The lowest BCUT2D eigenvalue weighted by molar-refractivity contribution is -0.116. The van der Waals surface area contributed by atoms with Gasteiger partial charge < -0.3 is 14.5 Å². The molecule has 216 valence electrons. The van der Waals surface area contributed by atoms with Crippen molar-refractivity contribution in [1.82, 2.24) is 4.90 Å². The van der Waals surface area contributed by atoms with Crippen molar-refractivity contribution in [2.24, 2.45) is 0 Å². The van der Waals surface area contributed by atoms with Gasteiger partial charge in [-0.05, 0) is 60.1 Å². The van der Waals surface area contributed by atoms with Crippen molar-refractivity contribution in [2.75, 3.05) is 23.9 Å². The third kappa shape index (κ3) is 12.9. The maximum absolute atomic E-state index is 12.5. The summed E-state index contributed by atoms with van der Waals surface area (Å²) in [4.78, 5) is 18.0. The molecular formula is C33H49BrN2O2S. The molecule has 1 amide bonds. The molecule has 4 nitrogen and oxygen atoms in total. The Morgan fingerprint density at radius 1 is 0.923 bits per heavy atom. The number of ether oxygens (including phenoxy) is 1. The zero-order valence-corrected chi connectivity index (χ0v) is 26.9. The molecule has 0 atom stereocenters. The van der Waals surface area contributed by atoms with Gasteiger partial charge in [0.25, 0.3) is 0 Å². The van der Waals surface area contributed by atoms with E-state index in [-0.39, 0.29) is 22.9 Å². The lowest BCUT2D eigenvalue weighted by atomic mass is 10.1. The monoisotopic (exact) mass is 616 g/mol. The number of unbranched alkanes of at least 4 members (excludes halogenated alkanes) is 9. The van der Waals surface area contributed by atoms with E-state index in [2.05, 4.69) is 67.4 Å². The Bertz CT molecular complexity index is 995. The summed E-state index contributed by atoms with van der Waals surface area (Å²) in [6, 6.07) is 16.8. The van der Waals surface area contributed by atoms with Gasteiger partial charge in [0.1, 0.15) is 5.75 Å². The average molecular weight is 618 g/mol. The van der Waals surface area contributed by atoms with Crippen LogP contribution in [0.25, 0.3) is 0 Å². The lowest BCUT2D eigenvalue weighted by Gasteiger charge is -2.23. The number of thioether (sulfide) groups is 1. The van der Waals surface area contributed by atoms with E-state index in [1.807, 2.05) is 22.7 Å². The van der Waals surface area contributed by atoms with Crippen molar-refractivity contribution in [1.29, 1.82) is 0 Å². The highest BCUT2D eigenvalue weighted by Gasteiger charge is 2.14. The highest BCUT2D eigenvalue weighted by Crippen LogP contribution is 2.27. The fraction of sp³-hybridized carbons (Fsp3) is 0.545. The Balaban J connectivity index is 0.00000533. The first kappa shape index (κ1) is 33.3. The predicted molar refractivity (Wildman–Crippen MR) is 174 cm³/mol. The highest BCUT2D eigenvalue weighted by molar-refractivity contribution is 8.93. The highest BCUT2D eigenvalue weighted by atomic mass is 79.9. The second-order valence-corrected chi connectivity index (χ2v) is 11.7. The molecule has 2 aromatic rings. The molecule has 2 aromatic carbocycles. The number of carbonyl (C=O) groups is 1. The summed E-state index contributed by atoms with van der Waals surface area (Å²) in [5, 5.41) is 0. The van der Waals surface area contributed by atoms with E-state index in [0.29, 0.717) is 6.54 Å².